The fourth-order valence-corrected chi connectivity index (χ4v) is 5.69. The highest BCUT2D eigenvalue weighted by molar-refractivity contribution is 6.30. The normalized spacial score (nSPS) is 17.7. The smallest absolute Gasteiger partial charge is 0.451 e. The standard InChI is InChI=1S/C29H26ClF5N10O2/c30-17-2-1-16(19(31)9-17)14-47-27-20(32)11-36-24(38-27)15-3-6-44(7-4-15)13-23-37-22-10-21(25-39-28(43-41-25)29(33,34)35)40-42-26(22)45(23)12-18-5-8-46-18/h1-2,9-11,15,18H,3-8,12-14H2,(H,39,41,43)/t18-/m0/s1. The van der Waals surface area contributed by atoms with Crippen LogP contribution in [0.5, 0.6) is 5.88 Å². The molecule has 5 aromatic rings. The predicted octanol–water partition coefficient (Wildman–Crippen LogP) is 5.10. The Labute approximate surface area is 268 Å². The summed E-state index contributed by atoms with van der Waals surface area (Å²) in [6.45, 7) is 2.74. The zero-order chi connectivity index (χ0) is 32.7. The van der Waals surface area contributed by atoms with E-state index in [9.17, 15) is 22.0 Å². The largest absolute Gasteiger partial charge is 0.471 e. The van der Waals surface area contributed by atoms with E-state index < -0.39 is 23.6 Å². The Bertz CT molecular complexity index is 1910. The monoisotopic (exact) mass is 676 g/mol. The molecule has 0 amide bonds. The van der Waals surface area contributed by atoms with Crippen LogP contribution in [0.4, 0.5) is 22.0 Å². The summed E-state index contributed by atoms with van der Waals surface area (Å²) < 4.78 is 80.8. The van der Waals surface area contributed by atoms with Gasteiger partial charge in [-0.15, -0.1) is 20.4 Å². The second-order valence-electron chi connectivity index (χ2n) is 11.3. The minimum atomic E-state index is -4.68. The number of likely N-dealkylation sites (tertiary alicyclic amines) is 1. The minimum Gasteiger partial charge on any atom is -0.471 e. The van der Waals surface area contributed by atoms with E-state index in [2.05, 4.69) is 40.2 Å². The van der Waals surface area contributed by atoms with Gasteiger partial charge in [0, 0.05) is 23.1 Å². The molecule has 18 heteroatoms. The Hall–Kier alpha value is -4.35. The topological polar surface area (TPSA) is 133 Å². The maximum absolute atomic E-state index is 14.5. The number of halogens is 6. The van der Waals surface area contributed by atoms with Gasteiger partial charge in [-0.3, -0.25) is 4.90 Å². The number of imidazole rings is 1. The Kier molecular flexibility index (Phi) is 8.44. The fourth-order valence-electron chi connectivity index (χ4n) is 5.53. The van der Waals surface area contributed by atoms with Crippen LogP contribution >= 0.6 is 11.6 Å². The summed E-state index contributed by atoms with van der Waals surface area (Å²) in [7, 11) is 0. The van der Waals surface area contributed by atoms with Crippen LogP contribution in [-0.2, 0) is 30.6 Å². The first-order chi connectivity index (χ1) is 22.6. The summed E-state index contributed by atoms with van der Waals surface area (Å²) in [4.78, 5) is 17.6. The van der Waals surface area contributed by atoms with Gasteiger partial charge in [0.1, 0.15) is 35.3 Å². The molecule has 0 bridgehead atoms. The van der Waals surface area contributed by atoms with Gasteiger partial charge in [-0.1, -0.05) is 17.7 Å². The number of aromatic amines is 1. The average Bonchev–Trinajstić information content (AvgIpc) is 3.65. The van der Waals surface area contributed by atoms with Crippen molar-refractivity contribution >= 4 is 22.8 Å². The second-order valence-corrected chi connectivity index (χ2v) is 11.8. The van der Waals surface area contributed by atoms with Crippen LogP contribution in [0.25, 0.3) is 22.7 Å². The lowest BCUT2D eigenvalue weighted by molar-refractivity contribution is -0.144. The second kappa shape index (κ2) is 12.7. The van der Waals surface area contributed by atoms with Gasteiger partial charge in [0.25, 0.3) is 5.88 Å². The van der Waals surface area contributed by atoms with Crippen LogP contribution in [-0.4, -0.2) is 75.6 Å². The number of rotatable bonds is 9. The number of nitrogens with zero attached hydrogens (tertiary/aromatic N) is 9. The first kappa shape index (κ1) is 31.3. The Morgan fingerprint density at radius 1 is 1.00 bits per heavy atom. The maximum atomic E-state index is 14.5. The van der Waals surface area contributed by atoms with Gasteiger partial charge in [0.2, 0.25) is 11.6 Å². The van der Waals surface area contributed by atoms with Gasteiger partial charge < -0.3 is 19.0 Å². The van der Waals surface area contributed by atoms with Crippen molar-refractivity contribution < 1.29 is 31.4 Å². The zero-order valence-corrected chi connectivity index (χ0v) is 25.3. The lowest BCUT2D eigenvalue weighted by Gasteiger charge is -2.32. The zero-order valence-electron chi connectivity index (χ0n) is 24.5. The first-order valence-corrected chi connectivity index (χ1v) is 15.1. The molecule has 4 aromatic heterocycles. The third-order valence-corrected chi connectivity index (χ3v) is 8.41. The van der Waals surface area contributed by atoms with Crippen LogP contribution in [0.1, 0.15) is 48.2 Å². The summed E-state index contributed by atoms with van der Waals surface area (Å²) in [5.41, 5.74) is 1.23. The molecule has 0 unspecified atom stereocenters. The van der Waals surface area contributed by atoms with Gasteiger partial charge >= 0.3 is 6.18 Å². The molecule has 0 radical (unpaired) electrons. The molecule has 1 atom stereocenters. The highest BCUT2D eigenvalue weighted by Gasteiger charge is 2.36. The molecule has 1 N–H and O–H groups in total. The lowest BCUT2D eigenvalue weighted by atomic mass is 9.96. The molecule has 47 heavy (non-hydrogen) atoms. The number of nitrogens with one attached hydrogen (secondary N) is 1. The highest BCUT2D eigenvalue weighted by Crippen LogP contribution is 2.31. The minimum absolute atomic E-state index is 0.00907. The third-order valence-electron chi connectivity index (χ3n) is 8.18. The molecule has 7 rings (SSSR count). The van der Waals surface area contributed by atoms with Crippen LogP contribution in [0, 0.1) is 11.6 Å². The van der Waals surface area contributed by atoms with Crippen LogP contribution < -0.4 is 4.74 Å². The van der Waals surface area contributed by atoms with E-state index in [1.54, 1.807) is 0 Å². The summed E-state index contributed by atoms with van der Waals surface area (Å²) in [5, 5.41) is 15.4. The van der Waals surface area contributed by atoms with Crippen molar-refractivity contribution in [3.63, 3.8) is 0 Å². The highest BCUT2D eigenvalue weighted by atomic mass is 35.5. The Morgan fingerprint density at radius 3 is 2.51 bits per heavy atom. The number of fused-ring (bicyclic) bond motifs is 1. The van der Waals surface area contributed by atoms with Crippen LogP contribution in [0.2, 0.25) is 5.02 Å². The number of ether oxygens (including phenoxy) is 2. The number of piperidine rings is 1. The molecule has 2 saturated heterocycles. The van der Waals surface area contributed by atoms with E-state index >= 15 is 0 Å². The first-order valence-electron chi connectivity index (χ1n) is 14.8. The maximum Gasteiger partial charge on any atom is 0.451 e. The van der Waals surface area contributed by atoms with E-state index in [0.717, 1.165) is 18.7 Å². The van der Waals surface area contributed by atoms with E-state index in [4.69, 9.17) is 26.1 Å². The number of hydrogen-bond donors (Lipinski definition) is 1. The van der Waals surface area contributed by atoms with Gasteiger partial charge in [-0.05, 0) is 50.6 Å². The molecular formula is C29H26ClF5N10O2. The number of benzene rings is 1. The van der Waals surface area contributed by atoms with Gasteiger partial charge in [-0.2, -0.15) is 22.5 Å². The molecule has 0 spiro atoms. The fraction of sp³-hybridized carbons (Fsp3) is 0.414. The quantitative estimate of drug-likeness (QED) is 0.210. The van der Waals surface area contributed by atoms with Gasteiger partial charge in [-0.25, -0.2) is 14.4 Å². The van der Waals surface area contributed by atoms with E-state index in [1.807, 2.05) is 4.57 Å². The summed E-state index contributed by atoms with van der Waals surface area (Å²) in [5.74, 6) is -1.86. The van der Waals surface area contributed by atoms with Crippen molar-refractivity contribution in [3.05, 3.63) is 70.2 Å². The molecule has 2 aliphatic heterocycles. The number of H-pyrrole nitrogens is 1. The van der Waals surface area contributed by atoms with Crippen molar-refractivity contribution in [2.24, 2.45) is 0 Å². The lowest BCUT2D eigenvalue weighted by Crippen LogP contribution is -2.35. The molecule has 0 saturated carbocycles. The van der Waals surface area contributed by atoms with Gasteiger partial charge in [0.05, 0.1) is 25.4 Å². The van der Waals surface area contributed by atoms with Crippen molar-refractivity contribution in [3.8, 4) is 17.4 Å². The number of alkyl halides is 3. The molecule has 0 aliphatic carbocycles. The average molecular weight is 677 g/mol. The van der Waals surface area contributed by atoms with Crippen molar-refractivity contribution in [2.45, 2.75) is 57.2 Å². The third kappa shape index (κ3) is 6.73. The van der Waals surface area contributed by atoms with E-state index in [0.29, 0.717) is 68.4 Å². The number of aromatic nitrogens is 9. The van der Waals surface area contributed by atoms with E-state index in [-0.39, 0.29) is 46.6 Å². The summed E-state index contributed by atoms with van der Waals surface area (Å²) in [6, 6.07) is 5.68. The van der Waals surface area contributed by atoms with Crippen LogP contribution in [0.15, 0.2) is 30.5 Å². The summed E-state index contributed by atoms with van der Waals surface area (Å²) in [6.07, 6.45) is -1.38. The van der Waals surface area contributed by atoms with Gasteiger partial charge in [0.15, 0.2) is 11.5 Å². The molecular weight excluding hydrogens is 651 g/mol. The van der Waals surface area contributed by atoms with Crippen molar-refractivity contribution in [2.75, 3.05) is 19.7 Å². The summed E-state index contributed by atoms with van der Waals surface area (Å²) >= 11 is 5.80. The molecule has 1 aromatic carbocycles. The van der Waals surface area contributed by atoms with Crippen LogP contribution in [0.3, 0.4) is 0 Å². The molecule has 246 valence electrons. The SMILES string of the molecule is Fc1cc(Cl)ccc1COc1nc(C2CCN(Cc3nc4cc(-c5nnc(C(F)(F)F)[nH]5)nnc4n3C[C@@H]3CCO3)CC2)ncc1F. The predicted molar refractivity (Wildman–Crippen MR) is 155 cm³/mol. The Morgan fingerprint density at radius 2 is 1.81 bits per heavy atom. The van der Waals surface area contributed by atoms with Crippen molar-refractivity contribution in [1.82, 2.24) is 49.8 Å². The molecule has 2 aliphatic rings. The van der Waals surface area contributed by atoms with Crippen molar-refractivity contribution in [1.29, 1.82) is 0 Å². The molecule has 12 nitrogen and oxygen atoms in total. The number of hydrogen-bond acceptors (Lipinski definition) is 10. The Balaban J connectivity index is 1.04. The molecule has 6 heterocycles. The molecule has 2 fully saturated rings. The van der Waals surface area contributed by atoms with E-state index in [1.165, 1.54) is 18.2 Å².